The summed E-state index contributed by atoms with van der Waals surface area (Å²) in [6.45, 7) is -1.31. The van der Waals surface area contributed by atoms with Gasteiger partial charge in [0.15, 0.2) is 0 Å². The molecule has 1 rings (SSSR count). The Balaban J connectivity index is 2.31. The molecule has 0 aromatic carbocycles. The van der Waals surface area contributed by atoms with E-state index in [9.17, 15) is 17.6 Å². The predicted octanol–water partition coefficient (Wildman–Crippen LogP) is 1.86. The van der Waals surface area contributed by atoms with Crippen LogP contribution in [0.4, 0.5) is 17.6 Å². The summed E-state index contributed by atoms with van der Waals surface area (Å²) in [4.78, 5) is 0. The highest BCUT2D eigenvalue weighted by molar-refractivity contribution is 5.00. The van der Waals surface area contributed by atoms with Crippen LogP contribution in [0.5, 0.6) is 0 Å². The first kappa shape index (κ1) is 16.9. The Kier molecular flexibility index (Phi) is 6.41. The maximum atomic E-state index is 12.7. The van der Waals surface area contributed by atoms with Crippen molar-refractivity contribution in [2.75, 3.05) is 20.3 Å². The highest BCUT2D eigenvalue weighted by Gasteiger charge is 2.41. The summed E-state index contributed by atoms with van der Waals surface area (Å²) < 4.78 is 55.6. The number of rotatable bonds is 9. The number of hydrogen-bond donors (Lipinski definition) is 1. The van der Waals surface area contributed by atoms with Crippen LogP contribution in [0.2, 0.25) is 0 Å². The van der Waals surface area contributed by atoms with Gasteiger partial charge in [-0.25, -0.2) is 8.78 Å². The maximum Gasteiger partial charge on any atom is 0.330 e. The van der Waals surface area contributed by atoms with Crippen molar-refractivity contribution in [3.63, 3.8) is 0 Å². The smallest absolute Gasteiger partial charge is 0.330 e. The lowest BCUT2D eigenvalue weighted by atomic mass is 10.1. The molecule has 0 fully saturated rings. The first-order valence-electron chi connectivity index (χ1n) is 6.24. The molecular weight excluding hydrogens is 278 g/mol. The fourth-order valence-corrected chi connectivity index (χ4v) is 1.68. The van der Waals surface area contributed by atoms with Crippen LogP contribution in [0.25, 0.3) is 0 Å². The summed E-state index contributed by atoms with van der Waals surface area (Å²) in [6.07, 6.45) is -0.707. The van der Waals surface area contributed by atoms with Crippen LogP contribution in [0.3, 0.4) is 0 Å². The molecule has 8 heteroatoms. The van der Waals surface area contributed by atoms with Gasteiger partial charge in [0.2, 0.25) is 0 Å². The molecule has 0 bridgehead atoms. The van der Waals surface area contributed by atoms with Crippen molar-refractivity contribution in [3.8, 4) is 0 Å². The molecule has 1 unspecified atom stereocenters. The SMILES string of the molecule is CNC(CCc1ccnn1C)COCC(F)(F)C(F)F. The summed E-state index contributed by atoms with van der Waals surface area (Å²) in [5.41, 5.74) is 1.00. The van der Waals surface area contributed by atoms with Crippen molar-refractivity contribution in [1.82, 2.24) is 15.1 Å². The van der Waals surface area contributed by atoms with E-state index in [-0.39, 0.29) is 12.6 Å². The third-order valence-corrected chi connectivity index (χ3v) is 3.01. The molecule has 116 valence electrons. The zero-order valence-corrected chi connectivity index (χ0v) is 11.5. The summed E-state index contributed by atoms with van der Waals surface area (Å²) in [7, 11) is 3.48. The molecule has 0 saturated carbocycles. The van der Waals surface area contributed by atoms with E-state index in [0.29, 0.717) is 12.8 Å². The van der Waals surface area contributed by atoms with Crippen molar-refractivity contribution in [3.05, 3.63) is 18.0 Å². The second kappa shape index (κ2) is 7.58. The Morgan fingerprint density at radius 1 is 1.45 bits per heavy atom. The molecular formula is C12H19F4N3O. The number of likely N-dealkylation sites (N-methyl/N-ethyl adjacent to an activating group) is 1. The fraction of sp³-hybridized carbons (Fsp3) is 0.750. The van der Waals surface area contributed by atoms with Gasteiger partial charge in [-0.3, -0.25) is 4.68 Å². The topological polar surface area (TPSA) is 39.1 Å². The van der Waals surface area contributed by atoms with E-state index in [2.05, 4.69) is 10.4 Å². The molecule has 1 aromatic heterocycles. The summed E-state index contributed by atoms with van der Waals surface area (Å²) in [5, 5.41) is 6.93. The number of hydrogen-bond acceptors (Lipinski definition) is 3. The summed E-state index contributed by atoms with van der Waals surface area (Å²) in [5.74, 6) is -4.10. The largest absolute Gasteiger partial charge is 0.373 e. The maximum absolute atomic E-state index is 12.7. The Labute approximate surface area is 115 Å². The zero-order chi connectivity index (χ0) is 15.2. The van der Waals surface area contributed by atoms with Crippen molar-refractivity contribution in [2.45, 2.75) is 31.2 Å². The number of nitrogens with zero attached hydrogens (tertiary/aromatic N) is 2. The fourth-order valence-electron chi connectivity index (χ4n) is 1.68. The van der Waals surface area contributed by atoms with E-state index in [1.807, 2.05) is 13.1 Å². The number of aromatic nitrogens is 2. The quantitative estimate of drug-likeness (QED) is 0.707. The van der Waals surface area contributed by atoms with Gasteiger partial charge >= 0.3 is 12.3 Å². The third-order valence-electron chi connectivity index (χ3n) is 3.01. The standard InChI is InChI=1S/C12H19F4N3O/c1-17-9(3-4-10-5-6-18-19(10)2)7-20-8-12(15,16)11(13)14/h5-6,9,11,17H,3-4,7-8H2,1-2H3. The van der Waals surface area contributed by atoms with Gasteiger partial charge in [0.25, 0.3) is 0 Å². The molecule has 0 radical (unpaired) electrons. The lowest BCUT2D eigenvalue weighted by molar-refractivity contribution is -0.167. The number of nitrogens with one attached hydrogen (secondary N) is 1. The minimum absolute atomic E-state index is 0.0450. The van der Waals surface area contributed by atoms with Crippen molar-refractivity contribution < 1.29 is 22.3 Å². The molecule has 0 spiro atoms. The molecule has 1 aromatic rings. The van der Waals surface area contributed by atoms with E-state index in [1.54, 1.807) is 17.9 Å². The van der Waals surface area contributed by atoms with E-state index >= 15 is 0 Å². The zero-order valence-electron chi connectivity index (χ0n) is 11.5. The molecule has 0 aliphatic heterocycles. The summed E-state index contributed by atoms with van der Waals surface area (Å²) >= 11 is 0. The predicted molar refractivity (Wildman–Crippen MR) is 66.1 cm³/mol. The van der Waals surface area contributed by atoms with Crippen molar-refractivity contribution in [1.29, 1.82) is 0 Å². The highest BCUT2D eigenvalue weighted by Crippen LogP contribution is 2.22. The van der Waals surface area contributed by atoms with Gasteiger partial charge in [0, 0.05) is 25.0 Å². The molecule has 1 heterocycles. The molecule has 0 amide bonds. The molecule has 1 atom stereocenters. The number of halogens is 4. The van der Waals surface area contributed by atoms with E-state index in [4.69, 9.17) is 4.74 Å². The monoisotopic (exact) mass is 297 g/mol. The van der Waals surface area contributed by atoms with Crippen molar-refractivity contribution >= 4 is 0 Å². The normalized spacial score (nSPS) is 13.9. The molecule has 20 heavy (non-hydrogen) atoms. The second-order valence-corrected chi connectivity index (χ2v) is 4.55. The van der Waals surface area contributed by atoms with Crippen LogP contribution in [0, 0.1) is 0 Å². The van der Waals surface area contributed by atoms with Gasteiger partial charge in [-0.1, -0.05) is 0 Å². The van der Waals surface area contributed by atoms with E-state index in [1.165, 1.54) is 0 Å². The van der Waals surface area contributed by atoms with Gasteiger partial charge in [0.05, 0.1) is 6.61 Å². The van der Waals surface area contributed by atoms with Gasteiger partial charge < -0.3 is 10.1 Å². The average Bonchev–Trinajstić information content (AvgIpc) is 2.79. The Hall–Kier alpha value is -1.15. The minimum atomic E-state index is -4.10. The highest BCUT2D eigenvalue weighted by atomic mass is 19.3. The number of aryl methyl sites for hydroxylation is 2. The number of alkyl halides is 4. The van der Waals surface area contributed by atoms with Crippen LogP contribution < -0.4 is 5.32 Å². The lowest BCUT2D eigenvalue weighted by Crippen LogP contribution is -2.36. The molecule has 0 aliphatic carbocycles. The molecule has 0 aliphatic rings. The Bertz CT molecular complexity index is 398. The van der Waals surface area contributed by atoms with Gasteiger partial charge in [0.1, 0.15) is 6.61 Å². The number of ether oxygens (including phenoxy) is 1. The van der Waals surface area contributed by atoms with Crippen LogP contribution in [0.15, 0.2) is 12.3 Å². The van der Waals surface area contributed by atoms with Gasteiger partial charge in [-0.05, 0) is 26.0 Å². The molecule has 0 saturated heterocycles. The van der Waals surface area contributed by atoms with E-state index < -0.39 is 19.0 Å². The lowest BCUT2D eigenvalue weighted by Gasteiger charge is -2.19. The van der Waals surface area contributed by atoms with Crippen LogP contribution in [-0.2, 0) is 18.2 Å². The van der Waals surface area contributed by atoms with Crippen LogP contribution in [0.1, 0.15) is 12.1 Å². The van der Waals surface area contributed by atoms with Crippen LogP contribution in [-0.4, -0.2) is 48.4 Å². The first-order chi connectivity index (χ1) is 9.36. The van der Waals surface area contributed by atoms with Crippen LogP contribution >= 0.6 is 0 Å². The first-order valence-corrected chi connectivity index (χ1v) is 6.24. The second-order valence-electron chi connectivity index (χ2n) is 4.55. The third kappa shape index (κ3) is 5.09. The molecule has 1 N–H and O–H groups in total. The minimum Gasteiger partial charge on any atom is -0.373 e. The Morgan fingerprint density at radius 2 is 2.15 bits per heavy atom. The van der Waals surface area contributed by atoms with Gasteiger partial charge in [-0.2, -0.15) is 13.9 Å². The van der Waals surface area contributed by atoms with E-state index in [0.717, 1.165) is 5.69 Å². The Morgan fingerprint density at radius 3 is 2.65 bits per heavy atom. The average molecular weight is 297 g/mol. The summed E-state index contributed by atoms with van der Waals surface area (Å²) in [6, 6.07) is 1.68. The molecule has 4 nitrogen and oxygen atoms in total. The van der Waals surface area contributed by atoms with Gasteiger partial charge in [-0.15, -0.1) is 0 Å². The van der Waals surface area contributed by atoms with Crippen molar-refractivity contribution in [2.24, 2.45) is 7.05 Å².